The molecule has 1 aliphatic carbocycles. The Balaban J connectivity index is 0.000000461. The van der Waals surface area contributed by atoms with E-state index in [0.717, 1.165) is 0 Å². The zero-order chi connectivity index (χ0) is 10.4. The molecule has 14 heavy (non-hydrogen) atoms. The van der Waals surface area contributed by atoms with Crippen LogP contribution in [0.25, 0.3) is 0 Å². The molecule has 0 fully saturated rings. The molecule has 2 rings (SSSR count). The van der Waals surface area contributed by atoms with Gasteiger partial charge in [0, 0.05) is 0 Å². The monoisotopic (exact) mass is 190 g/mol. The lowest BCUT2D eigenvalue weighted by atomic mass is 9.98. The molecule has 0 amide bonds. The van der Waals surface area contributed by atoms with E-state index in [-0.39, 0.29) is 0 Å². The zero-order valence-electron chi connectivity index (χ0n) is 9.77. The molecule has 0 atom stereocenters. The predicted octanol–water partition coefficient (Wildman–Crippen LogP) is 4.29. The van der Waals surface area contributed by atoms with Crippen molar-refractivity contribution >= 4 is 0 Å². The van der Waals surface area contributed by atoms with Crippen LogP contribution in [0.3, 0.4) is 0 Å². The minimum absolute atomic E-state index is 1.30. The molecule has 0 heterocycles. The van der Waals surface area contributed by atoms with Crippen LogP contribution in [0.15, 0.2) is 18.2 Å². The first-order valence-corrected chi connectivity index (χ1v) is 5.95. The molecule has 1 aromatic rings. The van der Waals surface area contributed by atoms with Gasteiger partial charge in [0.1, 0.15) is 0 Å². The van der Waals surface area contributed by atoms with Gasteiger partial charge in [-0.2, -0.15) is 0 Å². The van der Waals surface area contributed by atoms with Crippen LogP contribution >= 0.6 is 0 Å². The van der Waals surface area contributed by atoms with Gasteiger partial charge in [0.15, 0.2) is 0 Å². The predicted molar refractivity (Wildman–Crippen MR) is 63.8 cm³/mol. The summed E-state index contributed by atoms with van der Waals surface area (Å²) >= 11 is 0. The van der Waals surface area contributed by atoms with Crippen LogP contribution in [0, 0.1) is 6.92 Å². The number of benzene rings is 1. The molecular formula is C14H22. The van der Waals surface area contributed by atoms with Gasteiger partial charge in [0.2, 0.25) is 0 Å². The number of rotatable bonds is 0. The lowest BCUT2D eigenvalue weighted by Crippen LogP contribution is -1.93. The van der Waals surface area contributed by atoms with Crippen molar-refractivity contribution < 1.29 is 0 Å². The summed E-state index contributed by atoms with van der Waals surface area (Å²) in [5, 5.41) is 0. The van der Waals surface area contributed by atoms with Crippen molar-refractivity contribution in [3.05, 3.63) is 34.9 Å². The van der Waals surface area contributed by atoms with Gasteiger partial charge in [-0.05, 0) is 49.3 Å². The minimum Gasteiger partial charge on any atom is -0.0683 e. The van der Waals surface area contributed by atoms with Crippen molar-refractivity contribution in [2.45, 2.75) is 52.9 Å². The maximum absolute atomic E-state index is 2.30. The van der Waals surface area contributed by atoms with Gasteiger partial charge in [-0.25, -0.2) is 0 Å². The van der Waals surface area contributed by atoms with Crippen LogP contribution in [0.2, 0.25) is 0 Å². The molecule has 0 bridgehead atoms. The van der Waals surface area contributed by atoms with Crippen LogP contribution in [0.1, 0.15) is 49.8 Å². The fourth-order valence-electron chi connectivity index (χ4n) is 2.15. The average Bonchev–Trinajstić information content (AvgIpc) is 2.47. The summed E-state index contributed by atoms with van der Waals surface area (Å²) in [5.41, 5.74) is 4.73. The van der Waals surface area contributed by atoms with E-state index in [9.17, 15) is 0 Å². The van der Waals surface area contributed by atoms with E-state index in [1.165, 1.54) is 37.7 Å². The quantitative estimate of drug-likeness (QED) is 0.535. The molecule has 1 aromatic carbocycles. The number of aryl methyl sites for hydroxylation is 2. The minimum atomic E-state index is 1.30. The maximum Gasteiger partial charge on any atom is -0.0274 e. The Hall–Kier alpha value is -0.780. The second-order valence-electron chi connectivity index (χ2n) is 3.77. The van der Waals surface area contributed by atoms with Gasteiger partial charge >= 0.3 is 0 Å². The first-order valence-electron chi connectivity index (χ1n) is 5.95. The van der Waals surface area contributed by atoms with E-state index < -0.39 is 0 Å². The maximum atomic E-state index is 2.30. The molecule has 0 unspecified atom stereocenters. The molecule has 0 nitrogen and oxygen atoms in total. The SMILES string of the molecule is CC.Cc1cccc2c1CCCCC2. The van der Waals surface area contributed by atoms with E-state index in [2.05, 4.69) is 25.1 Å². The van der Waals surface area contributed by atoms with Crippen molar-refractivity contribution in [1.29, 1.82) is 0 Å². The highest BCUT2D eigenvalue weighted by Gasteiger charge is 2.08. The Morgan fingerprint density at radius 2 is 1.64 bits per heavy atom. The third-order valence-corrected chi connectivity index (χ3v) is 2.88. The molecule has 0 aromatic heterocycles. The Kier molecular flexibility index (Phi) is 4.72. The van der Waals surface area contributed by atoms with Gasteiger partial charge in [-0.1, -0.05) is 38.5 Å². The molecule has 1 aliphatic rings. The number of fused-ring (bicyclic) bond motifs is 1. The van der Waals surface area contributed by atoms with E-state index >= 15 is 0 Å². The third-order valence-electron chi connectivity index (χ3n) is 2.88. The van der Waals surface area contributed by atoms with Crippen molar-refractivity contribution in [2.24, 2.45) is 0 Å². The van der Waals surface area contributed by atoms with Crippen LogP contribution in [-0.2, 0) is 12.8 Å². The van der Waals surface area contributed by atoms with Crippen LogP contribution < -0.4 is 0 Å². The first-order chi connectivity index (χ1) is 6.88. The summed E-state index contributed by atoms with van der Waals surface area (Å²) in [6.45, 7) is 6.24. The molecule has 78 valence electrons. The topological polar surface area (TPSA) is 0 Å². The molecule has 0 saturated carbocycles. The summed E-state index contributed by atoms with van der Waals surface area (Å²) in [4.78, 5) is 0. The lowest BCUT2D eigenvalue weighted by molar-refractivity contribution is 0.711. The van der Waals surface area contributed by atoms with Crippen molar-refractivity contribution in [1.82, 2.24) is 0 Å². The molecule has 0 heteroatoms. The van der Waals surface area contributed by atoms with Gasteiger partial charge in [0.05, 0.1) is 0 Å². The summed E-state index contributed by atoms with van der Waals surface area (Å²) < 4.78 is 0. The Labute approximate surface area is 88.4 Å². The zero-order valence-corrected chi connectivity index (χ0v) is 9.77. The normalized spacial score (nSPS) is 14.8. The Morgan fingerprint density at radius 3 is 2.43 bits per heavy atom. The van der Waals surface area contributed by atoms with E-state index in [1.807, 2.05) is 13.8 Å². The second kappa shape index (κ2) is 5.85. The number of hydrogen-bond acceptors (Lipinski definition) is 0. The summed E-state index contributed by atoms with van der Waals surface area (Å²) in [6.07, 6.45) is 6.79. The Morgan fingerprint density at radius 1 is 0.929 bits per heavy atom. The van der Waals surface area contributed by atoms with Crippen LogP contribution in [-0.4, -0.2) is 0 Å². The highest BCUT2D eigenvalue weighted by molar-refractivity contribution is 5.35. The van der Waals surface area contributed by atoms with E-state index in [0.29, 0.717) is 0 Å². The largest absolute Gasteiger partial charge is 0.0683 e. The Bertz CT molecular complexity index is 273. The van der Waals surface area contributed by atoms with Crippen molar-refractivity contribution in [3.8, 4) is 0 Å². The average molecular weight is 190 g/mol. The standard InChI is InChI=1S/C12H16.C2H6/c1-10-6-5-8-11-7-3-2-4-9-12(10)11;1-2/h5-6,8H,2-4,7,9H2,1H3;1-2H3. The number of hydrogen-bond donors (Lipinski definition) is 0. The van der Waals surface area contributed by atoms with Crippen molar-refractivity contribution in [3.63, 3.8) is 0 Å². The van der Waals surface area contributed by atoms with Gasteiger partial charge in [-0.15, -0.1) is 0 Å². The fourth-order valence-corrected chi connectivity index (χ4v) is 2.15. The van der Waals surface area contributed by atoms with Gasteiger partial charge in [0.25, 0.3) is 0 Å². The second-order valence-corrected chi connectivity index (χ2v) is 3.77. The molecule has 0 aliphatic heterocycles. The van der Waals surface area contributed by atoms with Gasteiger partial charge < -0.3 is 0 Å². The highest BCUT2D eigenvalue weighted by Crippen LogP contribution is 2.22. The third kappa shape index (κ3) is 2.60. The molecule has 0 radical (unpaired) electrons. The van der Waals surface area contributed by atoms with Crippen molar-refractivity contribution in [2.75, 3.05) is 0 Å². The fraction of sp³-hybridized carbons (Fsp3) is 0.571. The summed E-state index contributed by atoms with van der Waals surface area (Å²) in [7, 11) is 0. The van der Waals surface area contributed by atoms with E-state index in [1.54, 1.807) is 11.1 Å². The highest BCUT2D eigenvalue weighted by atomic mass is 14.1. The van der Waals surface area contributed by atoms with Crippen LogP contribution in [0.4, 0.5) is 0 Å². The molecule has 0 spiro atoms. The molecular weight excluding hydrogens is 168 g/mol. The van der Waals surface area contributed by atoms with Crippen LogP contribution in [0.5, 0.6) is 0 Å². The smallest absolute Gasteiger partial charge is 0.0274 e. The molecule has 0 saturated heterocycles. The lowest BCUT2D eigenvalue weighted by Gasteiger charge is -2.07. The van der Waals surface area contributed by atoms with E-state index in [4.69, 9.17) is 0 Å². The molecule has 0 N–H and O–H groups in total. The summed E-state index contributed by atoms with van der Waals surface area (Å²) in [6, 6.07) is 6.73. The summed E-state index contributed by atoms with van der Waals surface area (Å²) in [5.74, 6) is 0. The first kappa shape index (κ1) is 11.3. The van der Waals surface area contributed by atoms with Gasteiger partial charge in [-0.3, -0.25) is 0 Å².